The Morgan fingerprint density at radius 2 is 2.06 bits per heavy atom. The van der Waals surface area contributed by atoms with Crippen molar-refractivity contribution in [3.8, 4) is 0 Å². The van der Waals surface area contributed by atoms with Crippen molar-refractivity contribution in [2.75, 3.05) is 5.75 Å². The predicted octanol–water partition coefficient (Wildman–Crippen LogP) is 2.20. The molecule has 17 heavy (non-hydrogen) atoms. The number of hydrogen-bond acceptors (Lipinski definition) is 4. The first-order chi connectivity index (χ1) is 7.79. The van der Waals surface area contributed by atoms with Crippen molar-refractivity contribution >= 4 is 17.7 Å². The van der Waals surface area contributed by atoms with Gasteiger partial charge in [-0.05, 0) is 18.8 Å². The summed E-state index contributed by atoms with van der Waals surface area (Å²) in [6, 6.07) is 0. The highest BCUT2D eigenvalue weighted by molar-refractivity contribution is 7.99. The smallest absolute Gasteiger partial charge is 0.313 e. The number of aryl methyl sites for hydroxylation is 1. The molecule has 0 unspecified atom stereocenters. The van der Waals surface area contributed by atoms with Gasteiger partial charge in [0.25, 0.3) is 0 Å². The average Bonchev–Trinajstić information content (AvgIpc) is 2.52. The van der Waals surface area contributed by atoms with E-state index in [2.05, 4.69) is 31.0 Å². The molecule has 1 N–H and O–H groups in total. The zero-order valence-corrected chi connectivity index (χ0v) is 11.5. The van der Waals surface area contributed by atoms with Crippen LogP contribution in [0.2, 0.25) is 0 Å². The second-order valence-corrected chi connectivity index (χ2v) is 6.12. The summed E-state index contributed by atoms with van der Waals surface area (Å²) in [5, 5.41) is 17.3. The number of carbonyl (C=O) groups is 1. The Balaban J connectivity index is 2.69. The van der Waals surface area contributed by atoms with E-state index in [1.807, 2.05) is 11.5 Å². The van der Waals surface area contributed by atoms with Crippen molar-refractivity contribution in [3.05, 3.63) is 5.82 Å². The van der Waals surface area contributed by atoms with E-state index in [-0.39, 0.29) is 11.2 Å². The molecule has 0 saturated heterocycles. The van der Waals surface area contributed by atoms with Gasteiger partial charge in [0, 0.05) is 6.54 Å². The Labute approximate surface area is 106 Å². The first-order valence-electron chi connectivity index (χ1n) is 5.54. The number of aliphatic carboxylic acids is 1. The molecule has 0 aliphatic heterocycles. The van der Waals surface area contributed by atoms with E-state index >= 15 is 0 Å². The molecule has 6 heteroatoms. The molecule has 0 aliphatic rings. The number of carboxylic acid groups (broad SMARTS) is 1. The van der Waals surface area contributed by atoms with Gasteiger partial charge in [-0.15, -0.1) is 10.2 Å². The molecule has 0 bridgehead atoms. The topological polar surface area (TPSA) is 68.0 Å². The van der Waals surface area contributed by atoms with Crippen LogP contribution in [-0.2, 0) is 11.3 Å². The number of hydrogen-bond donors (Lipinski definition) is 1. The summed E-state index contributed by atoms with van der Waals surface area (Å²) in [5.41, 5.74) is 0.242. The minimum atomic E-state index is -0.835. The third kappa shape index (κ3) is 4.77. The third-order valence-electron chi connectivity index (χ3n) is 2.31. The molecule has 1 aromatic heterocycles. The fourth-order valence-corrected chi connectivity index (χ4v) is 2.03. The van der Waals surface area contributed by atoms with Gasteiger partial charge in [0.1, 0.15) is 5.82 Å². The van der Waals surface area contributed by atoms with Crippen molar-refractivity contribution in [3.63, 3.8) is 0 Å². The Bertz CT molecular complexity index is 396. The minimum Gasteiger partial charge on any atom is -0.481 e. The fourth-order valence-electron chi connectivity index (χ4n) is 1.30. The van der Waals surface area contributed by atoms with Crippen LogP contribution >= 0.6 is 11.8 Å². The molecular formula is C11H19N3O2S. The van der Waals surface area contributed by atoms with Gasteiger partial charge in [-0.2, -0.15) is 0 Å². The minimum absolute atomic E-state index is 0.0215. The predicted molar refractivity (Wildman–Crippen MR) is 67.2 cm³/mol. The summed E-state index contributed by atoms with van der Waals surface area (Å²) in [4.78, 5) is 10.5. The van der Waals surface area contributed by atoms with E-state index in [1.165, 1.54) is 11.8 Å². The summed E-state index contributed by atoms with van der Waals surface area (Å²) in [6.45, 7) is 9.25. The molecule has 0 fully saturated rings. The number of aromatic nitrogens is 3. The molecule has 0 atom stereocenters. The van der Waals surface area contributed by atoms with Gasteiger partial charge < -0.3 is 9.67 Å². The second-order valence-electron chi connectivity index (χ2n) is 5.17. The lowest BCUT2D eigenvalue weighted by molar-refractivity contribution is -0.133. The van der Waals surface area contributed by atoms with Crippen molar-refractivity contribution in [2.45, 2.75) is 45.8 Å². The fraction of sp³-hybridized carbons (Fsp3) is 0.727. The van der Waals surface area contributed by atoms with Crippen LogP contribution in [0.15, 0.2) is 5.16 Å². The lowest BCUT2D eigenvalue weighted by atomic mass is 9.92. The number of carboxylic acids is 1. The molecule has 1 aromatic rings. The number of thioether (sulfide) groups is 1. The molecule has 5 nitrogen and oxygen atoms in total. The Morgan fingerprint density at radius 1 is 1.41 bits per heavy atom. The highest BCUT2D eigenvalue weighted by Crippen LogP contribution is 2.23. The highest BCUT2D eigenvalue weighted by Gasteiger charge is 2.15. The van der Waals surface area contributed by atoms with Crippen LogP contribution < -0.4 is 0 Å². The lowest BCUT2D eigenvalue weighted by Gasteiger charge is -2.19. The second kappa shape index (κ2) is 5.53. The van der Waals surface area contributed by atoms with Crippen LogP contribution in [0.25, 0.3) is 0 Å². The van der Waals surface area contributed by atoms with Crippen LogP contribution in [0, 0.1) is 12.3 Å². The van der Waals surface area contributed by atoms with Crippen molar-refractivity contribution < 1.29 is 9.90 Å². The van der Waals surface area contributed by atoms with Crippen LogP contribution in [0.1, 0.15) is 33.0 Å². The van der Waals surface area contributed by atoms with Crippen LogP contribution in [-0.4, -0.2) is 31.6 Å². The lowest BCUT2D eigenvalue weighted by Crippen LogP contribution is -2.12. The zero-order valence-electron chi connectivity index (χ0n) is 10.7. The van der Waals surface area contributed by atoms with E-state index < -0.39 is 5.97 Å². The van der Waals surface area contributed by atoms with Crippen LogP contribution in [0.5, 0.6) is 0 Å². The molecule has 0 aromatic carbocycles. The first kappa shape index (κ1) is 14.0. The monoisotopic (exact) mass is 257 g/mol. The summed E-state index contributed by atoms with van der Waals surface area (Å²) in [5.74, 6) is 0.0216. The molecule has 0 saturated carbocycles. The van der Waals surface area contributed by atoms with Crippen molar-refractivity contribution in [1.29, 1.82) is 0 Å². The summed E-state index contributed by atoms with van der Waals surface area (Å²) in [7, 11) is 0. The zero-order chi connectivity index (χ0) is 13.1. The van der Waals surface area contributed by atoms with Gasteiger partial charge >= 0.3 is 5.97 Å². The number of rotatable bonds is 5. The first-order valence-corrected chi connectivity index (χ1v) is 6.52. The quantitative estimate of drug-likeness (QED) is 0.819. The molecular weight excluding hydrogens is 238 g/mol. The largest absolute Gasteiger partial charge is 0.481 e. The van der Waals surface area contributed by atoms with Crippen LogP contribution in [0.3, 0.4) is 0 Å². The van der Waals surface area contributed by atoms with E-state index in [1.54, 1.807) is 0 Å². The van der Waals surface area contributed by atoms with Gasteiger partial charge in [-0.25, -0.2) is 0 Å². The maximum Gasteiger partial charge on any atom is 0.313 e. The van der Waals surface area contributed by atoms with Gasteiger partial charge in [0.15, 0.2) is 5.16 Å². The van der Waals surface area contributed by atoms with E-state index in [9.17, 15) is 4.79 Å². The molecule has 0 spiro atoms. The van der Waals surface area contributed by atoms with Crippen molar-refractivity contribution in [1.82, 2.24) is 14.8 Å². The van der Waals surface area contributed by atoms with Gasteiger partial charge in [-0.1, -0.05) is 32.5 Å². The Morgan fingerprint density at radius 3 is 2.59 bits per heavy atom. The Kier molecular flexibility index (Phi) is 4.56. The summed E-state index contributed by atoms with van der Waals surface area (Å²) >= 11 is 1.22. The van der Waals surface area contributed by atoms with Crippen molar-refractivity contribution in [2.24, 2.45) is 5.41 Å². The van der Waals surface area contributed by atoms with Crippen LogP contribution in [0.4, 0.5) is 0 Å². The van der Waals surface area contributed by atoms with E-state index in [0.717, 1.165) is 18.8 Å². The molecule has 0 radical (unpaired) electrons. The molecule has 0 amide bonds. The normalized spacial score (nSPS) is 11.8. The maximum absolute atomic E-state index is 10.5. The van der Waals surface area contributed by atoms with Gasteiger partial charge in [-0.3, -0.25) is 4.79 Å². The molecule has 0 aliphatic carbocycles. The molecule has 1 rings (SSSR count). The Hall–Kier alpha value is -1.04. The molecule has 96 valence electrons. The van der Waals surface area contributed by atoms with E-state index in [0.29, 0.717) is 5.16 Å². The molecule has 1 heterocycles. The van der Waals surface area contributed by atoms with E-state index in [4.69, 9.17) is 5.11 Å². The number of nitrogens with zero attached hydrogens (tertiary/aromatic N) is 3. The summed E-state index contributed by atoms with van der Waals surface area (Å²) in [6.07, 6.45) is 1.01. The van der Waals surface area contributed by atoms with Gasteiger partial charge in [0.05, 0.1) is 5.75 Å². The third-order valence-corrected chi connectivity index (χ3v) is 3.26. The average molecular weight is 257 g/mol. The summed E-state index contributed by atoms with van der Waals surface area (Å²) < 4.78 is 1.98. The highest BCUT2D eigenvalue weighted by atomic mass is 32.2. The van der Waals surface area contributed by atoms with Gasteiger partial charge in [0.2, 0.25) is 0 Å². The standard InChI is InChI=1S/C11H19N3O2S/c1-8-12-13-10(17-7-9(15)16)14(8)6-5-11(2,3)4/h5-7H2,1-4H3,(H,15,16). The maximum atomic E-state index is 10.5. The SMILES string of the molecule is Cc1nnc(SCC(=O)O)n1CCC(C)(C)C.